The van der Waals surface area contributed by atoms with Crippen LogP contribution in [-0.4, -0.2) is 80.0 Å². The fourth-order valence-electron chi connectivity index (χ4n) is 3.08. The predicted octanol–water partition coefficient (Wildman–Crippen LogP) is -0.196. The minimum atomic E-state index is -1.49. The lowest BCUT2D eigenvalue weighted by Gasteiger charge is -2.39. The van der Waals surface area contributed by atoms with Crippen molar-refractivity contribution in [3.05, 3.63) is 39.8 Å². The summed E-state index contributed by atoms with van der Waals surface area (Å²) >= 11 is 1.44. The third-order valence-corrected chi connectivity index (χ3v) is 5.51. The summed E-state index contributed by atoms with van der Waals surface area (Å²) in [5, 5.41) is 51.6. The topological polar surface area (TPSA) is 150 Å². The third kappa shape index (κ3) is 4.92. The van der Waals surface area contributed by atoms with Crippen LogP contribution in [-0.2, 0) is 11.2 Å². The molecule has 29 heavy (non-hydrogen) atoms. The van der Waals surface area contributed by atoms with Gasteiger partial charge in [-0.1, -0.05) is 0 Å². The number of ketones is 1. The second-order valence-corrected chi connectivity index (χ2v) is 7.88. The number of aromatic nitrogens is 1. The van der Waals surface area contributed by atoms with Crippen molar-refractivity contribution in [1.29, 1.82) is 0 Å². The molecule has 1 aliphatic heterocycles. The maximum atomic E-state index is 12.4. The van der Waals surface area contributed by atoms with Gasteiger partial charge in [0.1, 0.15) is 48.6 Å². The number of aliphatic hydroxyl groups is 4. The molecule has 5 N–H and O–H groups in total. The van der Waals surface area contributed by atoms with Crippen molar-refractivity contribution in [1.82, 2.24) is 4.98 Å². The molecule has 0 amide bonds. The molecule has 0 bridgehead atoms. The van der Waals surface area contributed by atoms with Gasteiger partial charge in [-0.2, -0.15) is 0 Å². The molecule has 1 fully saturated rings. The first-order valence-electron chi connectivity index (χ1n) is 9.00. The van der Waals surface area contributed by atoms with Crippen LogP contribution in [0.15, 0.2) is 23.6 Å². The Kier molecular flexibility index (Phi) is 6.83. The maximum Gasteiger partial charge on any atom is 0.172 e. The van der Waals surface area contributed by atoms with Gasteiger partial charge in [0, 0.05) is 11.4 Å². The fraction of sp³-hybridized carbons (Fsp3) is 0.474. The molecule has 3 rings (SSSR count). The molecule has 9 nitrogen and oxygen atoms in total. The second kappa shape index (κ2) is 9.16. The van der Waals surface area contributed by atoms with E-state index in [0.29, 0.717) is 5.69 Å². The standard InChI is InChI=1S/C19H23NO8S/c1-9-20-10(8-29-9)4-13(22)12-3-2-11(5-14(12)23)27-7-16-18(25)19(26)17(24)15(6-21)28-16/h2-3,5,8,15-19,21,23-26H,4,6-7H2,1H3/t15-,16+,17+,18+,19+/m0/s1. The van der Waals surface area contributed by atoms with Crippen LogP contribution in [0, 0.1) is 6.92 Å². The number of hydrogen-bond acceptors (Lipinski definition) is 10. The molecule has 1 aromatic heterocycles. The Labute approximate surface area is 170 Å². The van der Waals surface area contributed by atoms with Gasteiger partial charge in [-0.3, -0.25) is 4.79 Å². The van der Waals surface area contributed by atoms with E-state index in [9.17, 15) is 30.3 Å². The number of hydrogen-bond donors (Lipinski definition) is 5. The van der Waals surface area contributed by atoms with Crippen LogP contribution in [0.25, 0.3) is 0 Å². The number of nitrogens with zero attached hydrogens (tertiary/aromatic N) is 1. The van der Waals surface area contributed by atoms with Gasteiger partial charge in [0.05, 0.1) is 29.3 Å². The summed E-state index contributed by atoms with van der Waals surface area (Å²) in [6.45, 7) is 1.11. The van der Waals surface area contributed by atoms with Gasteiger partial charge in [-0.25, -0.2) is 4.98 Å². The van der Waals surface area contributed by atoms with E-state index < -0.39 is 37.1 Å². The maximum absolute atomic E-state index is 12.4. The molecule has 0 spiro atoms. The predicted molar refractivity (Wildman–Crippen MR) is 102 cm³/mol. The first-order chi connectivity index (χ1) is 13.8. The number of aryl methyl sites for hydroxylation is 1. The molecule has 0 unspecified atom stereocenters. The number of benzene rings is 1. The number of aliphatic hydroxyl groups excluding tert-OH is 4. The van der Waals surface area contributed by atoms with Crippen LogP contribution in [0.2, 0.25) is 0 Å². The van der Waals surface area contributed by atoms with Crippen molar-refractivity contribution in [2.45, 2.75) is 43.9 Å². The van der Waals surface area contributed by atoms with Crippen LogP contribution in [0.1, 0.15) is 21.1 Å². The molecule has 1 aliphatic rings. The normalized spacial score (nSPS) is 27.0. The number of thiazole rings is 1. The Morgan fingerprint density at radius 2 is 1.93 bits per heavy atom. The first kappa shape index (κ1) is 21.6. The molecule has 1 aromatic carbocycles. The van der Waals surface area contributed by atoms with Crippen molar-refractivity contribution >= 4 is 17.1 Å². The number of rotatable bonds is 7. The Balaban J connectivity index is 1.62. The molecule has 158 valence electrons. The minimum Gasteiger partial charge on any atom is -0.507 e. The zero-order chi connectivity index (χ0) is 21.1. The van der Waals surface area contributed by atoms with Gasteiger partial charge in [0.15, 0.2) is 5.78 Å². The summed E-state index contributed by atoms with van der Waals surface area (Å²) in [4.78, 5) is 16.6. The second-order valence-electron chi connectivity index (χ2n) is 6.82. The average molecular weight is 425 g/mol. The number of ether oxygens (including phenoxy) is 2. The van der Waals surface area contributed by atoms with E-state index in [4.69, 9.17) is 9.47 Å². The molecule has 0 radical (unpaired) electrons. The highest BCUT2D eigenvalue weighted by molar-refractivity contribution is 7.09. The highest BCUT2D eigenvalue weighted by Gasteiger charge is 2.43. The summed E-state index contributed by atoms with van der Waals surface area (Å²) in [6, 6.07) is 4.19. The lowest BCUT2D eigenvalue weighted by Crippen LogP contribution is -2.59. The quantitative estimate of drug-likeness (QED) is 0.380. The minimum absolute atomic E-state index is 0.0724. The van der Waals surface area contributed by atoms with Gasteiger partial charge in [0.2, 0.25) is 0 Å². The number of aromatic hydroxyl groups is 1. The molecule has 2 aromatic rings. The first-order valence-corrected chi connectivity index (χ1v) is 9.88. The van der Waals surface area contributed by atoms with Crippen molar-refractivity contribution in [2.75, 3.05) is 13.2 Å². The fourth-order valence-corrected chi connectivity index (χ4v) is 3.69. The molecule has 10 heteroatoms. The molecule has 2 heterocycles. The van der Waals surface area contributed by atoms with Gasteiger partial charge in [-0.15, -0.1) is 11.3 Å². The smallest absolute Gasteiger partial charge is 0.172 e. The summed E-state index contributed by atoms with van der Waals surface area (Å²) < 4.78 is 10.8. The van der Waals surface area contributed by atoms with E-state index in [2.05, 4.69) is 4.98 Å². The molecule has 0 aliphatic carbocycles. The summed E-state index contributed by atoms with van der Waals surface area (Å²) in [7, 11) is 0. The highest BCUT2D eigenvalue weighted by atomic mass is 32.1. The monoisotopic (exact) mass is 425 g/mol. The van der Waals surface area contributed by atoms with Crippen LogP contribution >= 0.6 is 11.3 Å². The zero-order valence-electron chi connectivity index (χ0n) is 15.6. The van der Waals surface area contributed by atoms with E-state index in [-0.39, 0.29) is 35.9 Å². The van der Waals surface area contributed by atoms with E-state index in [1.165, 1.54) is 29.5 Å². The van der Waals surface area contributed by atoms with Crippen molar-refractivity contribution < 1.29 is 39.8 Å². The summed E-state index contributed by atoms with van der Waals surface area (Å²) in [5.74, 6) is -0.318. The van der Waals surface area contributed by atoms with Crippen molar-refractivity contribution in [3.63, 3.8) is 0 Å². The van der Waals surface area contributed by atoms with E-state index in [1.807, 2.05) is 6.92 Å². The lowest BCUT2D eigenvalue weighted by atomic mass is 9.95. The van der Waals surface area contributed by atoms with Gasteiger partial charge in [-0.05, 0) is 19.1 Å². The molecular formula is C19H23NO8S. The van der Waals surface area contributed by atoms with E-state index in [1.54, 1.807) is 5.38 Å². The van der Waals surface area contributed by atoms with Gasteiger partial charge >= 0.3 is 0 Å². The molecule has 5 atom stereocenters. The van der Waals surface area contributed by atoms with Crippen LogP contribution in [0.5, 0.6) is 11.5 Å². The SMILES string of the molecule is Cc1nc(CC(=O)c2ccc(OC[C@H]3O[C@@H](CO)[C@@H](O)[C@@H](O)[C@@H]3O)cc2O)cs1. The van der Waals surface area contributed by atoms with Gasteiger partial charge in [0.25, 0.3) is 0 Å². The molecular weight excluding hydrogens is 402 g/mol. The Bertz CT molecular complexity index is 854. The number of carbonyl (C=O) groups excluding carboxylic acids is 1. The average Bonchev–Trinajstić information content (AvgIpc) is 3.10. The highest BCUT2D eigenvalue weighted by Crippen LogP contribution is 2.27. The lowest BCUT2D eigenvalue weighted by molar-refractivity contribution is -0.234. The molecule has 0 saturated carbocycles. The van der Waals surface area contributed by atoms with Crippen LogP contribution in [0.4, 0.5) is 0 Å². The van der Waals surface area contributed by atoms with Crippen LogP contribution < -0.4 is 4.74 Å². The third-order valence-electron chi connectivity index (χ3n) is 4.68. The number of phenols is 1. The number of Topliss-reactive ketones (excluding diaryl/α,β-unsaturated/α-hetero) is 1. The van der Waals surface area contributed by atoms with E-state index in [0.717, 1.165) is 5.01 Å². The van der Waals surface area contributed by atoms with E-state index >= 15 is 0 Å². The summed E-state index contributed by atoms with van der Waals surface area (Å²) in [6.07, 6.45) is -6.29. The number of carbonyl (C=O) groups is 1. The number of phenolic OH excluding ortho intramolecular Hbond substituents is 1. The van der Waals surface area contributed by atoms with Crippen molar-refractivity contribution in [2.24, 2.45) is 0 Å². The Morgan fingerprint density at radius 3 is 2.55 bits per heavy atom. The van der Waals surface area contributed by atoms with Crippen molar-refractivity contribution in [3.8, 4) is 11.5 Å². The Morgan fingerprint density at radius 1 is 1.21 bits per heavy atom. The Hall–Kier alpha value is -2.08. The zero-order valence-corrected chi connectivity index (χ0v) is 16.5. The largest absolute Gasteiger partial charge is 0.507 e. The van der Waals surface area contributed by atoms with Crippen LogP contribution in [0.3, 0.4) is 0 Å². The molecule has 1 saturated heterocycles. The summed E-state index contributed by atoms with van der Waals surface area (Å²) in [5.41, 5.74) is 0.774. The van der Waals surface area contributed by atoms with Gasteiger partial charge < -0.3 is 35.0 Å².